The molecule has 2 aromatic rings. The van der Waals surface area contributed by atoms with Crippen molar-refractivity contribution < 1.29 is 19.1 Å². The largest absolute Gasteiger partial charge is 0.465 e. The number of para-hydroxylation sites is 2. The van der Waals surface area contributed by atoms with E-state index in [-0.39, 0.29) is 13.2 Å². The molecule has 23 heavy (non-hydrogen) atoms. The fourth-order valence-electron chi connectivity index (χ4n) is 2.53. The Morgan fingerprint density at radius 2 is 1.70 bits per heavy atom. The first-order valence-electron chi connectivity index (χ1n) is 7.92. The first kappa shape index (κ1) is 17.0. The summed E-state index contributed by atoms with van der Waals surface area (Å²) < 4.78 is 12.0. The summed E-state index contributed by atoms with van der Waals surface area (Å²) in [4.78, 5) is 29.1. The van der Waals surface area contributed by atoms with Crippen molar-refractivity contribution >= 4 is 23.0 Å². The van der Waals surface area contributed by atoms with E-state index in [4.69, 9.17) is 9.47 Å². The Balaban J connectivity index is 2.56. The molecule has 0 bridgehead atoms. The number of esters is 2. The van der Waals surface area contributed by atoms with Crippen LogP contribution in [0.15, 0.2) is 24.3 Å². The topological polar surface area (TPSA) is 70.4 Å². The van der Waals surface area contributed by atoms with Crippen LogP contribution in [0, 0.1) is 0 Å². The van der Waals surface area contributed by atoms with Gasteiger partial charge in [-0.15, -0.1) is 0 Å². The van der Waals surface area contributed by atoms with Crippen LogP contribution in [0.3, 0.4) is 0 Å². The molecule has 1 heterocycles. The fourth-order valence-corrected chi connectivity index (χ4v) is 2.53. The van der Waals surface area contributed by atoms with E-state index in [9.17, 15) is 9.59 Å². The lowest BCUT2D eigenvalue weighted by molar-refractivity contribution is -0.157. The maximum atomic E-state index is 12.3. The number of aryl methyl sites for hydroxylation is 1. The van der Waals surface area contributed by atoms with Crippen LogP contribution in [0.25, 0.3) is 11.0 Å². The highest BCUT2D eigenvalue weighted by molar-refractivity contribution is 6.00. The third kappa shape index (κ3) is 3.52. The highest BCUT2D eigenvalue weighted by Crippen LogP contribution is 2.25. The van der Waals surface area contributed by atoms with Crippen molar-refractivity contribution in [2.24, 2.45) is 0 Å². The summed E-state index contributed by atoms with van der Waals surface area (Å²) in [6.45, 7) is 6.49. The van der Waals surface area contributed by atoms with Crippen molar-refractivity contribution in [3.8, 4) is 0 Å². The SMILES string of the molecule is CCCn1c(C(C(=O)OCC)C(=O)OCC)nc2ccccc21. The van der Waals surface area contributed by atoms with Gasteiger partial charge in [-0.3, -0.25) is 9.59 Å². The number of hydrogen-bond acceptors (Lipinski definition) is 5. The Labute approximate surface area is 135 Å². The van der Waals surface area contributed by atoms with Gasteiger partial charge in [0.1, 0.15) is 5.82 Å². The average molecular weight is 318 g/mol. The fraction of sp³-hybridized carbons (Fsp3) is 0.471. The molecule has 0 aliphatic rings. The second-order valence-corrected chi connectivity index (χ2v) is 5.05. The minimum atomic E-state index is -1.16. The van der Waals surface area contributed by atoms with Gasteiger partial charge in [-0.2, -0.15) is 0 Å². The third-order valence-corrected chi connectivity index (χ3v) is 3.43. The summed E-state index contributed by atoms with van der Waals surface area (Å²) in [6, 6.07) is 7.57. The number of imidazole rings is 1. The molecule has 0 saturated heterocycles. The van der Waals surface area contributed by atoms with Crippen molar-refractivity contribution in [1.29, 1.82) is 0 Å². The van der Waals surface area contributed by atoms with Crippen LogP contribution >= 0.6 is 0 Å². The van der Waals surface area contributed by atoms with Crippen molar-refractivity contribution in [2.75, 3.05) is 13.2 Å². The molecule has 0 amide bonds. The Morgan fingerprint density at radius 1 is 1.09 bits per heavy atom. The zero-order valence-electron chi connectivity index (χ0n) is 13.7. The molecule has 0 spiro atoms. The molecule has 1 aromatic carbocycles. The van der Waals surface area contributed by atoms with E-state index >= 15 is 0 Å². The lowest BCUT2D eigenvalue weighted by Gasteiger charge is -2.16. The molecular weight excluding hydrogens is 296 g/mol. The van der Waals surface area contributed by atoms with Gasteiger partial charge in [0.15, 0.2) is 0 Å². The molecule has 0 aliphatic carbocycles. The molecule has 2 rings (SSSR count). The normalized spacial score (nSPS) is 11.0. The van der Waals surface area contributed by atoms with Gasteiger partial charge in [0, 0.05) is 6.54 Å². The number of rotatable bonds is 7. The number of aromatic nitrogens is 2. The number of carbonyl (C=O) groups excluding carboxylic acids is 2. The predicted octanol–water partition coefficient (Wildman–Crippen LogP) is 2.66. The van der Waals surface area contributed by atoms with Crippen molar-refractivity contribution in [1.82, 2.24) is 9.55 Å². The molecule has 6 nitrogen and oxygen atoms in total. The molecular formula is C17H22N2O4. The molecule has 0 saturated carbocycles. The molecule has 0 radical (unpaired) electrons. The lowest BCUT2D eigenvalue weighted by atomic mass is 10.1. The molecule has 1 aromatic heterocycles. The van der Waals surface area contributed by atoms with E-state index < -0.39 is 17.9 Å². The molecule has 0 atom stereocenters. The van der Waals surface area contributed by atoms with E-state index in [0.29, 0.717) is 12.4 Å². The quantitative estimate of drug-likeness (QED) is 0.580. The second kappa shape index (κ2) is 7.76. The van der Waals surface area contributed by atoms with Crippen molar-refractivity contribution in [3.05, 3.63) is 30.1 Å². The first-order chi connectivity index (χ1) is 11.1. The standard InChI is InChI=1S/C17H22N2O4/c1-4-11-19-13-10-8-7-9-12(13)18-15(19)14(16(20)22-5-2)17(21)23-6-3/h7-10,14H,4-6,11H2,1-3H3. The molecule has 0 fully saturated rings. The number of ether oxygens (including phenoxy) is 2. The predicted molar refractivity (Wildman–Crippen MR) is 86.0 cm³/mol. The van der Waals surface area contributed by atoms with Gasteiger partial charge in [0.25, 0.3) is 0 Å². The minimum absolute atomic E-state index is 0.197. The van der Waals surface area contributed by atoms with Crippen LogP contribution in [0.2, 0.25) is 0 Å². The van der Waals surface area contributed by atoms with E-state index in [2.05, 4.69) is 4.98 Å². The summed E-state index contributed by atoms with van der Waals surface area (Å²) >= 11 is 0. The van der Waals surface area contributed by atoms with Crippen LogP contribution in [-0.2, 0) is 25.6 Å². The molecule has 0 aliphatic heterocycles. The van der Waals surface area contributed by atoms with E-state index in [1.807, 2.05) is 35.8 Å². The zero-order valence-corrected chi connectivity index (χ0v) is 13.7. The summed E-state index contributed by atoms with van der Waals surface area (Å²) in [7, 11) is 0. The molecule has 6 heteroatoms. The van der Waals surface area contributed by atoms with Crippen molar-refractivity contribution in [3.63, 3.8) is 0 Å². The maximum Gasteiger partial charge on any atom is 0.328 e. The van der Waals surface area contributed by atoms with Crippen molar-refractivity contribution in [2.45, 2.75) is 39.7 Å². The van der Waals surface area contributed by atoms with Gasteiger partial charge in [-0.05, 0) is 32.4 Å². The highest BCUT2D eigenvalue weighted by Gasteiger charge is 2.36. The number of fused-ring (bicyclic) bond motifs is 1. The summed E-state index contributed by atoms with van der Waals surface area (Å²) in [5.41, 5.74) is 1.64. The molecule has 124 valence electrons. The monoisotopic (exact) mass is 318 g/mol. The Bertz CT molecular complexity index is 675. The van der Waals surface area contributed by atoms with E-state index in [0.717, 1.165) is 17.5 Å². The Kier molecular flexibility index (Phi) is 5.73. The smallest absolute Gasteiger partial charge is 0.328 e. The zero-order chi connectivity index (χ0) is 16.8. The van der Waals surface area contributed by atoms with Gasteiger partial charge in [-0.1, -0.05) is 19.1 Å². The van der Waals surface area contributed by atoms with Crippen LogP contribution in [0.4, 0.5) is 0 Å². The summed E-state index contributed by atoms with van der Waals surface area (Å²) in [6.07, 6.45) is 0.853. The second-order valence-electron chi connectivity index (χ2n) is 5.05. The Morgan fingerprint density at radius 3 is 2.26 bits per heavy atom. The van der Waals surface area contributed by atoms with Crippen LogP contribution in [-0.4, -0.2) is 34.7 Å². The van der Waals surface area contributed by atoms with Gasteiger partial charge in [0.2, 0.25) is 5.92 Å². The number of benzene rings is 1. The highest BCUT2D eigenvalue weighted by atomic mass is 16.6. The van der Waals surface area contributed by atoms with Gasteiger partial charge >= 0.3 is 11.9 Å². The third-order valence-electron chi connectivity index (χ3n) is 3.43. The number of carbonyl (C=O) groups is 2. The van der Waals surface area contributed by atoms with Crippen LogP contribution in [0.1, 0.15) is 38.9 Å². The lowest BCUT2D eigenvalue weighted by Crippen LogP contribution is -2.29. The van der Waals surface area contributed by atoms with Gasteiger partial charge in [0.05, 0.1) is 24.2 Å². The Hall–Kier alpha value is -2.37. The maximum absolute atomic E-state index is 12.3. The summed E-state index contributed by atoms with van der Waals surface area (Å²) in [5.74, 6) is -2.03. The summed E-state index contributed by atoms with van der Waals surface area (Å²) in [5, 5.41) is 0. The average Bonchev–Trinajstić information content (AvgIpc) is 2.87. The van der Waals surface area contributed by atoms with Gasteiger partial charge < -0.3 is 14.0 Å². The molecule has 0 N–H and O–H groups in total. The van der Waals surface area contributed by atoms with Gasteiger partial charge in [-0.25, -0.2) is 4.98 Å². The minimum Gasteiger partial charge on any atom is -0.465 e. The van der Waals surface area contributed by atoms with Crippen LogP contribution < -0.4 is 0 Å². The van der Waals surface area contributed by atoms with E-state index in [1.54, 1.807) is 13.8 Å². The first-order valence-corrected chi connectivity index (χ1v) is 7.92. The van der Waals surface area contributed by atoms with Crippen LogP contribution in [0.5, 0.6) is 0 Å². The number of nitrogens with zero attached hydrogens (tertiary/aromatic N) is 2. The van der Waals surface area contributed by atoms with E-state index in [1.165, 1.54) is 0 Å². The molecule has 0 unspecified atom stereocenters. The number of hydrogen-bond donors (Lipinski definition) is 0.